The van der Waals surface area contributed by atoms with Gasteiger partial charge in [-0.25, -0.2) is 17.6 Å². The number of aromatic carboxylic acids is 1. The normalized spacial score (nSPS) is 10.7. The molecule has 0 heterocycles. The Morgan fingerprint density at radius 3 is 2.05 bits per heavy atom. The Labute approximate surface area is 111 Å². The Balaban J connectivity index is 2.96. The summed E-state index contributed by atoms with van der Waals surface area (Å²) in [5.74, 6) is -10.1. The molecule has 0 saturated carbocycles. The molecule has 6 heteroatoms. The first-order valence-electron chi connectivity index (χ1n) is 5.49. The van der Waals surface area contributed by atoms with Gasteiger partial charge in [0.15, 0.2) is 23.3 Å². The first-order chi connectivity index (χ1) is 9.36. The Morgan fingerprint density at radius 2 is 1.50 bits per heavy atom. The summed E-state index contributed by atoms with van der Waals surface area (Å²) < 4.78 is 53.9. The van der Waals surface area contributed by atoms with Crippen molar-refractivity contribution in [3.05, 3.63) is 58.7 Å². The third-order valence-corrected chi connectivity index (χ3v) is 2.89. The summed E-state index contributed by atoms with van der Waals surface area (Å²) in [6, 6.07) is 5.77. The number of carbonyl (C=O) groups is 1. The predicted molar refractivity (Wildman–Crippen MR) is 60.8 cm³/mol. The van der Waals surface area contributed by atoms with Crippen LogP contribution in [0.2, 0.25) is 0 Å². The molecule has 0 N–H and O–H groups in total. The molecule has 0 aliphatic heterocycles. The van der Waals surface area contributed by atoms with E-state index in [0.29, 0.717) is 5.56 Å². The molecule has 20 heavy (non-hydrogen) atoms. The van der Waals surface area contributed by atoms with Crippen LogP contribution in [0.3, 0.4) is 0 Å². The van der Waals surface area contributed by atoms with Gasteiger partial charge >= 0.3 is 0 Å². The summed E-state index contributed by atoms with van der Waals surface area (Å²) in [6.07, 6.45) is 0. The zero-order chi connectivity index (χ0) is 15.0. The molecule has 0 aliphatic carbocycles. The van der Waals surface area contributed by atoms with Gasteiger partial charge in [0.25, 0.3) is 0 Å². The molecule has 0 aromatic heterocycles. The summed E-state index contributed by atoms with van der Waals surface area (Å²) in [4.78, 5) is 10.9. The first kappa shape index (κ1) is 14.0. The molecular weight excluding hydrogens is 276 g/mol. The van der Waals surface area contributed by atoms with Gasteiger partial charge in [0.2, 0.25) is 0 Å². The van der Waals surface area contributed by atoms with Gasteiger partial charge in [-0.15, -0.1) is 0 Å². The van der Waals surface area contributed by atoms with Crippen molar-refractivity contribution in [1.29, 1.82) is 0 Å². The van der Waals surface area contributed by atoms with E-state index in [-0.39, 0.29) is 5.56 Å². The number of halogens is 4. The highest BCUT2D eigenvalue weighted by molar-refractivity contribution is 5.95. The number of rotatable bonds is 2. The zero-order valence-corrected chi connectivity index (χ0v) is 10.1. The molecule has 0 spiro atoms. The predicted octanol–water partition coefficient (Wildman–Crippen LogP) is 2.58. The molecule has 0 amide bonds. The highest BCUT2D eigenvalue weighted by atomic mass is 19.2. The van der Waals surface area contributed by atoms with E-state index in [4.69, 9.17) is 0 Å². The van der Waals surface area contributed by atoms with E-state index in [1.165, 1.54) is 25.1 Å². The van der Waals surface area contributed by atoms with E-state index < -0.39 is 40.4 Å². The fraction of sp³-hybridized carbons (Fsp3) is 0.0714. The van der Waals surface area contributed by atoms with Gasteiger partial charge in [-0.1, -0.05) is 24.3 Å². The van der Waals surface area contributed by atoms with Gasteiger partial charge in [-0.3, -0.25) is 0 Å². The van der Waals surface area contributed by atoms with E-state index in [1.54, 1.807) is 6.07 Å². The van der Waals surface area contributed by atoms with Crippen LogP contribution in [0.4, 0.5) is 17.6 Å². The maximum atomic E-state index is 13.9. The lowest BCUT2D eigenvalue weighted by molar-refractivity contribution is -0.255. The third kappa shape index (κ3) is 2.03. The standard InChI is InChI=1S/C14H8F4O2/c1-6-4-2-3-5-7(6)8-9(14(19)20)11(16)13(18)12(17)10(8)15/h2-5H,1H3,(H,19,20)/p-1. The third-order valence-electron chi connectivity index (χ3n) is 2.89. The van der Waals surface area contributed by atoms with Gasteiger partial charge in [-0.2, -0.15) is 0 Å². The summed E-state index contributed by atoms with van der Waals surface area (Å²) >= 11 is 0. The average molecular weight is 283 g/mol. The minimum atomic E-state index is -2.18. The highest BCUT2D eigenvalue weighted by Gasteiger charge is 2.27. The second kappa shape index (κ2) is 4.96. The summed E-state index contributed by atoms with van der Waals surface area (Å²) in [7, 11) is 0. The second-order valence-electron chi connectivity index (χ2n) is 4.11. The molecule has 2 aromatic carbocycles. The molecule has 0 aliphatic rings. The van der Waals surface area contributed by atoms with Crippen molar-refractivity contribution in [2.75, 3.05) is 0 Å². The smallest absolute Gasteiger partial charge is 0.198 e. The van der Waals surface area contributed by atoms with Crippen LogP contribution < -0.4 is 5.11 Å². The van der Waals surface area contributed by atoms with E-state index >= 15 is 0 Å². The fourth-order valence-electron chi connectivity index (χ4n) is 1.93. The van der Waals surface area contributed by atoms with E-state index in [2.05, 4.69) is 0 Å². The molecule has 2 aromatic rings. The molecule has 0 atom stereocenters. The van der Waals surface area contributed by atoms with Crippen LogP contribution in [-0.2, 0) is 0 Å². The minimum absolute atomic E-state index is 0.0537. The Kier molecular flexibility index (Phi) is 3.48. The maximum absolute atomic E-state index is 13.9. The number of carboxylic acid groups (broad SMARTS) is 1. The molecule has 0 bridgehead atoms. The lowest BCUT2D eigenvalue weighted by atomic mass is 9.94. The molecule has 2 nitrogen and oxygen atoms in total. The molecule has 104 valence electrons. The first-order valence-corrected chi connectivity index (χ1v) is 5.49. The Hall–Kier alpha value is -2.37. The number of hydrogen-bond donors (Lipinski definition) is 0. The highest BCUT2D eigenvalue weighted by Crippen LogP contribution is 2.33. The van der Waals surface area contributed by atoms with Crippen molar-refractivity contribution >= 4 is 5.97 Å². The van der Waals surface area contributed by atoms with E-state index in [0.717, 1.165) is 0 Å². The molecule has 0 fully saturated rings. The molecule has 0 radical (unpaired) electrons. The molecule has 0 unspecified atom stereocenters. The zero-order valence-electron chi connectivity index (χ0n) is 10.1. The van der Waals surface area contributed by atoms with E-state index in [9.17, 15) is 27.5 Å². The summed E-state index contributed by atoms with van der Waals surface area (Å²) in [5.41, 5.74) is -1.88. The van der Waals surface area contributed by atoms with Gasteiger partial charge < -0.3 is 9.90 Å². The number of benzene rings is 2. The SMILES string of the molecule is Cc1ccccc1-c1c(F)c(F)c(F)c(F)c1C(=O)[O-]. The van der Waals surface area contributed by atoms with Crippen molar-refractivity contribution in [2.24, 2.45) is 0 Å². The lowest BCUT2D eigenvalue weighted by Crippen LogP contribution is -2.26. The van der Waals surface area contributed by atoms with Gasteiger partial charge in [0.1, 0.15) is 0 Å². The quantitative estimate of drug-likeness (QED) is 0.483. The number of carboxylic acids is 1. The van der Waals surface area contributed by atoms with Crippen LogP contribution in [0.1, 0.15) is 15.9 Å². The van der Waals surface area contributed by atoms with Crippen LogP contribution in [0.25, 0.3) is 11.1 Å². The maximum Gasteiger partial charge on any atom is 0.198 e. The van der Waals surface area contributed by atoms with Crippen molar-refractivity contribution in [2.45, 2.75) is 6.92 Å². The summed E-state index contributed by atoms with van der Waals surface area (Å²) in [6.45, 7) is 1.49. The molecule has 2 rings (SSSR count). The van der Waals surface area contributed by atoms with Gasteiger partial charge in [0.05, 0.1) is 5.97 Å². The lowest BCUT2D eigenvalue weighted by Gasteiger charge is -2.16. The Bertz CT molecular complexity index is 711. The van der Waals surface area contributed by atoms with Crippen molar-refractivity contribution in [3.8, 4) is 11.1 Å². The Morgan fingerprint density at radius 1 is 0.950 bits per heavy atom. The minimum Gasteiger partial charge on any atom is -0.545 e. The number of aryl methyl sites for hydroxylation is 1. The van der Waals surface area contributed by atoms with Gasteiger partial charge in [-0.05, 0) is 18.1 Å². The van der Waals surface area contributed by atoms with Crippen LogP contribution in [0.15, 0.2) is 24.3 Å². The molecule has 0 saturated heterocycles. The van der Waals surface area contributed by atoms with Gasteiger partial charge in [0, 0.05) is 11.1 Å². The summed E-state index contributed by atoms with van der Waals surface area (Å²) in [5, 5.41) is 10.9. The van der Waals surface area contributed by atoms with Crippen molar-refractivity contribution in [1.82, 2.24) is 0 Å². The van der Waals surface area contributed by atoms with Crippen LogP contribution in [0, 0.1) is 30.2 Å². The van der Waals surface area contributed by atoms with Crippen molar-refractivity contribution < 1.29 is 27.5 Å². The largest absolute Gasteiger partial charge is 0.545 e. The van der Waals surface area contributed by atoms with Crippen LogP contribution in [-0.4, -0.2) is 5.97 Å². The van der Waals surface area contributed by atoms with Crippen LogP contribution >= 0.6 is 0 Å². The monoisotopic (exact) mass is 283 g/mol. The van der Waals surface area contributed by atoms with Crippen LogP contribution in [0.5, 0.6) is 0 Å². The topological polar surface area (TPSA) is 40.1 Å². The number of hydrogen-bond acceptors (Lipinski definition) is 2. The second-order valence-corrected chi connectivity index (χ2v) is 4.11. The fourth-order valence-corrected chi connectivity index (χ4v) is 1.93. The average Bonchev–Trinajstić information content (AvgIpc) is 2.41. The van der Waals surface area contributed by atoms with Crippen molar-refractivity contribution in [3.63, 3.8) is 0 Å². The van der Waals surface area contributed by atoms with E-state index in [1.807, 2.05) is 0 Å². The molecular formula is C14H7F4O2-. The number of carbonyl (C=O) groups excluding carboxylic acids is 1.